The number of hydrogen-bond acceptors (Lipinski definition) is 4. The third-order valence-electron chi connectivity index (χ3n) is 3.02. The summed E-state index contributed by atoms with van der Waals surface area (Å²) < 4.78 is 30.9. The van der Waals surface area contributed by atoms with Gasteiger partial charge in [-0.25, -0.2) is 8.78 Å². The van der Waals surface area contributed by atoms with Crippen LogP contribution in [0.4, 0.5) is 14.5 Å². The molecule has 0 saturated heterocycles. The highest BCUT2D eigenvalue weighted by atomic mass is 19.1. The molecule has 1 aromatic carbocycles. The zero-order chi connectivity index (χ0) is 16.8. The second-order valence-electron chi connectivity index (χ2n) is 4.70. The monoisotopic (exact) mass is 324 g/mol. The van der Waals surface area contributed by atoms with E-state index in [0.717, 1.165) is 12.1 Å². The van der Waals surface area contributed by atoms with Gasteiger partial charge in [-0.15, -0.1) is 0 Å². The molecule has 23 heavy (non-hydrogen) atoms. The van der Waals surface area contributed by atoms with Crippen molar-refractivity contribution in [2.75, 3.05) is 11.9 Å². The molecule has 0 aliphatic rings. The van der Waals surface area contributed by atoms with Gasteiger partial charge >= 0.3 is 11.8 Å². The zero-order valence-corrected chi connectivity index (χ0v) is 11.9. The number of rotatable bonds is 5. The topological polar surface area (TPSA) is 91.6 Å². The normalized spacial score (nSPS) is 11.8. The zero-order valence-electron chi connectivity index (χ0n) is 11.9. The molecule has 1 aromatic heterocycles. The van der Waals surface area contributed by atoms with Crippen molar-refractivity contribution in [3.63, 3.8) is 0 Å². The predicted octanol–water partition coefficient (Wildman–Crippen LogP) is 1.74. The first kappa shape index (κ1) is 16.6. The molecule has 3 N–H and O–H groups in total. The maximum atomic E-state index is 13.4. The summed E-state index contributed by atoms with van der Waals surface area (Å²) in [5.74, 6) is -3.86. The average Bonchev–Trinajstić information content (AvgIpc) is 3.04. The fourth-order valence-electron chi connectivity index (χ4n) is 1.80. The fraction of sp³-hybridized carbons (Fsp3) is 0.200. The summed E-state index contributed by atoms with van der Waals surface area (Å²) >= 11 is 0. The molecule has 6 nitrogen and oxygen atoms in total. The molecule has 0 fully saturated rings. The van der Waals surface area contributed by atoms with E-state index >= 15 is 0 Å². The summed E-state index contributed by atoms with van der Waals surface area (Å²) in [5, 5.41) is 14.1. The predicted molar refractivity (Wildman–Crippen MR) is 76.3 cm³/mol. The Morgan fingerprint density at radius 2 is 2.00 bits per heavy atom. The Balaban J connectivity index is 1.80. The van der Waals surface area contributed by atoms with E-state index in [9.17, 15) is 23.5 Å². The van der Waals surface area contributed by atoms with E-state index in [0.29, 0.717) is 11.6 Å². The number of furan rings is 1. The van der Waals surface area contributed by atoms with Crippen molar-refractivity contribution >= 4 is 17.5 Å². The van der Waals surface area contributed by atoms with Crippen LogP contribution in [-0.2, 0) is 9.59 Å². The van der Waals surface area contributed by atoms with Crippen molar-refractivity contribution in [2.45, 2.75) is 12.5 Å². The van der Waals surface area contributed by atoms with E-state index in [2.05, 4.69) is 5.32 Å². The molecule has 0 aliphatic carbocycles. The summed E-state index contributed by atoms with van der Waals surface area (Å²) in [6.45, 7) is 0.0322. The molecule has 0 spiro atoms. The van der Waals surface area contributed by atoms with E-state index in [4.69, 9.17) is 4.42 Å². The number of halogens is 2. The number of carbonyl (C=O) groups excluding carboxylic acids is 2. The summed E-state index contributed by atoms with van der Waals surface area (Å²) in [5.41, 5.74) is 0.252. The van der Waals surface area contributed by atoms with E-state index in [1.807, 2.05) is 5.32 Å². The minimum absolute atomic E-state index is 0.0322. The van der Waals surface area contributed by atoms with Gasteiger partial charge in [-0.1, -0.05) is 0 Å². The summed E-state index contributed by atoms with van der Waals surface area (Å²) in [7, 11) is 0. The summed E-state index contributed by atoms with van der Waals surface area (Å²) in [6, 6.07) is 4.14. The number of nitrogens with one attached hydrogen (secondary N) is 2. The molecule has 8 heteroatoms. The first-order chi connectivity index (χ1) is 11.0. The summed E-state index contributed by atoms with van der Waals surface area (Å²) in [4.78, 5) is 23.2. The number of hydrogen-bond donors (Lipinski definition) is 3. The van der Waals surface area contributed by atoms with Crippen LogP contribution in [0.25, 0.3) is 0 Å². The molecule has 0 bridgehead atoms. The molecule has 0 saturated carbocycles. The summed E-state index contributed by atoms with van der Waals surface area (Å²) in [6.07, 6.45) is 2.11. The second-order valence-corrected chi connectivity index (χ2v) is 4.70. The second kappa shape index (κ2) is 7.50. The van der Waals surface area contributed by atoms with Crippen LogP contribution in [0.3, 0.4) is 0 Å². The molecule has 1 atom stereocenters. The lowest BCUT2D eigenvalue weighted by atomic mass is 10.1. The molecule has 1 heterocycles. The van der Waals surface area contributed by atoms with Crippen LogP contribution in [0.1, 0.15) is 18.1 Å². The van der Waals surface area contributed by atoms with Crippen LogP contribution >= 0.6 is 0 Å². The lowest BCUT2D eigenvalue weighted by Crippen LogP contribution is -2.36. The first-order valence-electron chi connectivity index (χ1n) is 6.72. The van der Waals surface area contributed by atoms with Gasteiger partial charge in [-0.2, -0.15) is 0 Å². The Morgan fingerprint density at radius 1 is 1.22 bits per heavy atom. The van der Waals surface area contributed by atoms with Gasteiger partial charge in [0.2, 0.25) is 0 Å². The Morgan fingerprint density at radius 3 is 2.65 bits per heavy atom. The number of aliphatic hydroxyl groups is 1. The van der Waals surface area contributed by atoms with E-state index < -0.39 is 29.6 Å². The van der Waals surface area contributed by atoms with Gasteiger partial charge in [0.1, 0.15) is 11.6 Å². The van der Waals surface area contributed by atoms with Gasteiger partial charge in [0.25, 0.3) is 0 Å². The quantitative estimate of drug-likeness (QED) is 0.731. The van der Waals surface area contributed by atoms with Crippen LogP contribution < -0.4 is 10.6 Å². The van der Waals surface area contributed by atoms with Gasteiger partial charge in [-0.05, 0) is 24.6 Å². The third-order valence-corrected chi connectivity index (χ3v) is 3.02. The molecule has 2 amide bonds. The van der Waals surface area contributed by atoms with Gasteiger partial charge in [0.15, 0.2) is 0 Å². The molecule has 122 valence electrons. The van der Waals surface area contributed by atoms with Crippen molar-refractivity contribution in [2.24, 2.45) is 0 Å². The Labute approximate surface area is 130 Å². The van der Waals surface area contributed by atoms with Crippen molar-refractivity contribution < 1.29 is 27.9 Å². The van der Waals surface area contributed by atoms with Gasteiger partial charge in [0.05, 0.1) is 24.3 Å². The molecule has 2 aromatic rings. The molecular weight excluding hydrogens is 310 g/mol. The fourth-order valence-corrected chi connectivity index (χ4v) is 1.80. The third kappa shape index (κ3) is 4.62. The lowest BCUT2D eigenvalue weighted by molar-refractivity contribution is -0.136. The highest BCUT2D eigenvalue weighted by Crippen LogP contribution is 2.16. The number of amides is 2. The maximum Gasteiger partial charge on any atom is 0.313 e. The van der Waals surface area contributed by atoms with Crippen LogP contribution in [-0.4, -0.2) is 23.5 Å². The van der Waals surface area contributed by atoms with Crippen LogP contribution in [0.15, 0.2) is 41.2 Å². The molecule has 2 rings (SSSR count). The maximum absolute atomic E-state index is 13.4. The van der Waals surface area contributed by atoms with Crippen LogP contribution in [0.5, 0.6) is 0 Å². The SMILES string of the molecule is O=C(NCCC(O)c1ccoc1)C(=O)Nc1ccc(F)cc1F. The number of benzene rings is 1. The van der Waals surface area contributed by atoms with E-state index in [-0.39, 0.29) is 18.7 Å². The number of carbonyl (C=O) groups is 2. The van der Waals surface area contributed by atoms with Crippen molar-refractivity contribution in [1.29, 1.82) is 0 Å². The highest BCUT2D eigenvalue weighted by Gasteiger charge is 2.16. The lowest BCUT2D eigenvalue weighted by Gasteiger charge is -2.10. The van der Waals surface area contributed by atoms with Crippen molar-refractivity contribution in [3.8, 4) is 0 Å². The van der Waals surface area contributed by atoms with Gasteiger partial charge in [0, 0.05) is 18.2 Å². The first-order valence-corrected chi connectivity index (χ1v) is 6.72. The molecule has 0 aliphatic heterocycles. The van der Waals surface area contributed by atoms with Gasteiger partial charge in [-0.3, -0.25) is 9.59 Å². The Hall–Kier alpha value is -2.74. The molecular formula is C15H14F2N2O4. The minimum atomic E-state index is -1.09. The van der Waals surface area contributed by atoms with Crippen LogP contribution in [0.2, 0.25) is 0 Å². The highest BCUT2D eigenvalue weighted by molar-refractivity contribution is 6.39. The van der Waals surface area contributed by atoms with Crippen molar-refractivity contribution in [1.82, 2.24) is 5.32 Å². The minimum Gasteiger partial charge on any atom is -0.472 e. The number of aliphatic hydroxyl groups excluding tert-OH is 1. The van der Waals surface area contributed by atoms with E-state index in [1.165, 1.54) is 12.5 Å². The van der Waals surface area contributed by atoms with E-state index in [1.54, 1.807) is 6.07 Å². The molecule has 0 radical (unpaired) electrons. The standard InChI is InChI=1S/C15H14F2N2O4/c16-10-1-2-12(11(17)7-10)19-15(22)14(21)18-5-3-13(20)9-4-6-23-8-9/h1-2,4,6-8,13,20H,3,5H2,(H,18,21)(H,19,22). The number of anilines is 1. The Bertz CT molecular complexity index is 689. The van der Waals surface area contributed by atoms with Gasteiger partial charge < -0.3 is 20.2 Å². The molecule has 1 unspecified atom stereocenters. The van der Waals surface area contributed by atoms with Crippen molar-refractivity contribution in [3.05, 3.63) is 54.0 Å². The van der Waals surface area contributed by atoms with Crippen LogP contribution in [0, 0.1) is 11.6 Å². The Kier molecular flexibility index (Phi) is 5.42. The smallest absolute Gasteiger partial charge is 0.313 e. The average molecular weight is 324 g/mol. The largest absolute Gasteiger partial charge is 0.472 e.